The molecule has 1 heterocycles. The van der Waals surface area contributed by atoms with Gasteiger partial charge in [0.25, 0.3) is 11.7 Å². The van der Waals surface area contributed by atoms with Gasteiger partial charge in [-0.2, -0.15) is 0 Å². The lowest BCUT2D eigenvalue weighted by Crippen LogP contribution is -2.29. The average molecular weight is 472 g/mol. The number of amides is 1. The first-order valence-corrected chi connectivity index (χ1v) is 11.6. The maximum atomic E-state index is 13.3. The summed E-state index contributed by atoms with van der Waals surface area (Å²) in [6.07, 6.45) is 0. The van der Waals surface area contributed by atoms with Crippen LogP contribution in [-0.2, 0) is 9.59 Å². The fraction of sp³-hybridized carbons (Fsp3) is 0.241. The number of nitrogens with zero attached hydrogens (tertiary/aromatic N) is 1. The minimum atomic E-state index is -0.818. The summed E-state index contributed by atoms with van der Waals surface area (Å²) in [5.41, 5.74) is 2.64. The topological polar surface area (TPSA) is 76.1 Å². The van der Waals surface area contributed by atoms with Crippen LogP contribution in [0.5, 0.6) is 11.5 Å². The molecule has 1 fully saturated rings. The van der Waals surface area contributed by atoms with Crippen LogP contribution in [0.15, 0.2) is 78.4 Å². The van der Waals surface area contributed by atoms with E-state index >= 15 is 0 Å². The van der Waals surface area contributed by atoms with E-state index in [0.717, 1.165) is 5.56 Å². The van der Waals surface area contributed by atoms with E-state index in [1.807, 2.05) is 43.3 Å². The first kappa shape index (κ1) is 24.1. The van der Waals surface area contributed by atoms with Crippen LogP contribution in [0.25, 0.3) is 5.76 Å². The number of aliphatic hydroxyl groups excluding tert-OH is 1. The SMILES string of the molecule is COc1ccccc1/C(O)=C1/C(=O)C(=O)N(c2ccc(C)cc2)C1c1ccc(OCC(C)C)cc1. The molecule has 6 heteroatoms. The third-order valence-electron chi connectivity index (χ3n) is 5.90. The Bertz CT molecular complexity index is 1260. The number of Topliss-reactive ketones (excluding diaryl/α,β-unsaturated/α-hetero) is 1. The summed E-state index contributed by atoms with van der Waals surface area (Å²) in [5.74, 6) is -0.249. The van der Waals surface area contributed by atoms with Gasteiger partial charge in [-0.25, -0.2) is 0 Å². The van der Waals surface area contributed by atoms with Gasteiger partial charge in [-0.15, -0.1) is 0 Å². The molecular weight excluding hydrogens is 442 g/mol. The summed E-state index contributed by atoms with van der Waals surface area (Å²) >= 11 is 0. The molecule has 3 aromatic carbocycles. The van der Waals surface area contributed by atoms with Crippen LogP contribution < -0.4 is 14.4 Å². The summed E-state index contributed by atoms with van der Waals surface area (Å²) in [5, 5.41) is 11.3. The minimum Gasteiger partial charge on any atom is -0.507 e. The number of carbonyl (C=O) groups is 2. The molecule has 0 aliphatic carbocycles. The van der Waals surface area contributed by atoms with E-state index in [9.17, 15) is 14.7 Å². The molecule has 0 radical (unpaired) electrons. The van der Waals surface area contributed by atoms with Crippen molar-refractivity contribution in [3.63, 3.8) is 0 Å². The Morgan fingerprint density at radius 2 is 1.63 bits per heavy atom. The van der Waals surface area contributed by atoms with Crippen LogP contribution in [0.3, 0.4) is 0 Å². The zero-order valence-electron chi connectivity index (χ0n) is 20.3. The number of hydrogen-bond donors (Lipinski definition) is 1. The van der Waals surface area contributed by atoms with Crippen molar-refractivity contribution in [1.29, 1.82) is 0 Å². The van der Waals surface area contributed by atoms with E-state index in [-0.39, 0.29) is 11.3 Å². The Labute approximate surface area is 205 Å². The van der Waals surface area contributed by atoms with Crippen LogP contribution in [0.1, 0.15) is 36.6 Å². The van der Waals surface area contributed by atoms with Gasteiger partial charge in [0, 0.05) is 5.69 Å². The van der Waals surface area contributed by atoms with Gasteiger partial charge in [0.15, 0.2) is 0 Å². The molecule has 35 heavy (non-hydrogen) atoms. The molecular formula is C29H29NO5. The fourth-order valence-corrected chi connectivity index (χ4v) is 4.11. The van der Waals surface area contributed by atoms with E-state index in [2.05, 4.69) is 13.8 Å². The second-order valence-electron chi connectivity index (χ2n) is 8.98. The van der Waals surface area contributed by atoms with Crippen LogP contribution in [0.4, 0.5) is 5.69 Å². The van der Waals surface area contributed by atoms with Crippen molar-refractivity contribution in [3.8, 4) is 11.5 Å². The van der Waals surface area contributed by atoms with Crippen molar-refractivity contribution in [2.75, 3.05) is 18.6 Å². The molecule has 0 aromatic heterocycles. The number of ketones is 1. The summed E-state index contributed by atoms with van der Waals surface area (Å²) in [7, 11) is 1.49. The monoisotopic (exact) mass is 471 g/mol. The Morgan fingerprint density at radius 3 is 2.26 bits per heavy atom. The highest BCUT2D eigenvalue weighted by atomic mass is 16.5. The van der Waals surface area contributed by atoms with E-state index in [1.54, 1.807) is 36.4 Å². The summed E-state index contributed by atoms with van der Waals surface area (Å²) < 4.78 is 11.2. The molecule has 0 spiro atoms. The van der Waals surface area contributed by atoms with Crippen molar-refractivity contribution in [2.45, 2.75) is 26.8 Å². The quantitative estimate of drug-likeness (QED) is 0.273. The lowest BCUT2D eigenvalue weighted by atomic mass is 9.94. The standard InChI is InChI=1S/C29H29NO5/c1-18(2)17-35-22-15-11-20(12-16-22)26-25(27(31)23-7-5-6-8-24(23)34-4)28(32)29(33)30(26)21-13-9-19(3)10-14-21/h5-16,18,26,31H,17H2,1-4H3/b27-25-. The third-order valence-corrected chi connectivity index (χ3v) is 5.90. The van der Waals surface area contributed by atoms with Crippen molar-refractivity contribution in [3.05, 3.63) is 95.1 Å². The van der Waals surface area contributed by atoms with Crippen LogP contribution >= 0.6 is 0 Å². The highest BCUT2D eigenvalue weighted by molar-refractivity contribution is 6.51. The fourth-order valence-electron chi connectivity index (χ4n) is 4.11. The van der Waals surface area contributed by atoms with Gasteiger partial charge in [-0.3, -0.25) is 14.5 Å². The minimum absolute atomic E-state index is 0.0101. The second-order valence-corrected chi connectivity index (χ2v) is 8.98. The molecule has 1 saturated heterocycles. The molecule has 1 atom stereocenters. The van der Waals surface area contributed by atoms with Crippen molar-refractivity contribution in [1.82, 2.24) is 0 Å². The third kappa shape index (κ3) is 4.78. The van der Waals surface area contributed by atoms with E-state index in [4.69, 9.17) is 9.47 Å². The van der Waals surface area contributed by atoms with Gasteiger partial charge >= 0.3 is 0 Å². The maximum Gasteiger partial charge on any atom is 0.300 e. The molecule has 0 bridgehead atoms. The van der Waals surface area contributed by atoms with Gasteiger partial charge in [0.05, 0.1) is 30.9 Å². The first-order valence-electron chi connectivity index (χ1n) is 11.6. The normalized spacial score (nSPS) is 17.2. The number of rotatable bonds is 7. The Balaban J connectivity index is 1.87. The summed E-state index contributed by atoms with van der Waals surface area (Å²) in [6.45, 7) is 6.67. The molecule has 3 aromatic rings. The summed E-state index contributed by atoms with van der Waals surface area (Å²) in [6, 6.07) is 20.7. The zero-order chi connectivity index (χ0) is 25.1. The largest absolute Gasteiger partial charge is 0.507 e. The number of carbonyl (C=O) groups excluding carboxylic acids is 2. The highest BCUT2D eigenvalue weighted by Crippen LogP contribution is 2.43. The molecule has 1 amide bonds. The molecule has 1 aliphatic heterocycles. The number of aryl methyl sites for hydroxylation is 1. The number of methoxy groups -OCH3 is 1. The molecule has 180 valence electrons. The van der Waals surface area contributed by atoms with E-state index in [0.29, 0.717) is 40.8 Å². The van der Waals surface area contributed by atoms with Crippen molar-refractivity contribution in [2.24, 2.45) is 5.92 Å². The van der Waals surface area contributed by atoms with Gasteiger partial charge in [0.2, 0.25) is 0 Å². The lowest BCUT2D eigenvalue weighted by molar-refractivity contribution is -0.132. The summed E-state index contributed by atoms with van der Waals surface area (Å²) in [4.78, 5) is 28.1. The first-order chi connectivity index (χ1) is 16.8. The second kappa shape index (κ2) is 10.1. The van der Waals surface area contributed by atoms with Crippen LogP contribution in [0, 0.1) is 12.8 Å². The van der Waals surface area contributed by atoms with Gasteiger partial charge < -0.3 is 14.6 Å². The Hall–Kier alpha value is -4.06. The Morgan fingerprint density at radius 1 is 0.971 bits per heavy atom. The molecule has 1 N–H and O–H groups in total. The highest BCUT2D eigenvalue weighted by Gasteiger charge is 2.47. The number of benzene rings is 3. The number of para-hydroxylation sites is 1. The molecule has 4 rings (SSSR count). The molecule has 1 unspecified atom stereocenters. The average Bonchev–Trinajstić information content (AvgIpc) is 3.13. The number of aliphatic hydroxyl groups is 1. The predicted octanol–water partition coefficient (Wildman–Crippen LogP) is 5.66. The van der Waals surface area contributed by atoms with Crippen molar-refractivity contribution < 1.29 is 24.2 Å². The molecule has 1 aliphatic rings. The number of ether oxygens (including phenoxy) is 2. The number of hydrogen-bond acceptors (Lipinski definition) is 5. The lowest BCUT2D eigenvalue weighted by Gasteiger charge is -2.26. The smallest absolute Gasteiger partial charge is 0.300 e. The van der Waals surface area contributed by atoms with Gasteiger partial charge in [-0.05, 0) is 54.8 Å². The van der Waals surface area contributed by atoms with Crippen LogP contribution in [-0.4, -0.2) is 30.5 Å². The van der Waals surface area contributed by atoms with Crippen LogP contribution in [0.2, 0.25) is 0 Å². The maximum absolute atomic E-state index is 13.3. The van der Waals surface area contributed by atoms with Gasteiger partial charge in [0.1, 0.15) is 17.3 Å². The van der Waals surface area contributed by atoms with E-state index < -0.39 is 17.7 Å². The van der Waals surface area contributed by atoms with Crippen molar-refractivity contribution >= 4 is 23.1 Å². The number of anilines is 1. The zero-order valence-corrected chi connectivity index (χ0v) is 20.3. The van der Waals surface area contributed by atoms with E-state index in [1.165, 1.54) is 12.0 Å². The Kier molecular flexibility index (Phi) is 6.92. The molecule has 0 saturated carbocycles. The molecule has 6 nitrogen and oxygen atoms in total. The predicted molar refractivity (Wildman–Crippen MR) is 136 cm³/mol. The van der Waals surface area contributed by atoms with Gasteiger partial charge in [-0.1, -0.05) is 55.8 Å².